The van der Waals surface area contributed by atoms with E-state index >= 15 is 0 Å². The lowest BCUT2D eigenvalue weighted by Crippen LogP contribution is -2.43. The van der Waals surface area contributed by atoms with Crippen LogP contribution in [0.1, 0.15) is 37.6 Å². The Morgan fingerprint density at radius 3 is 2.65 bits per heavy atom. The van der Waals surface area contributed by atoms with E-state index in [-0.39, 0.29) is 11.9 Å². The van der Waals surface area contributed by atoms with Crippen LogP contribution in [0, 0.1) is 5.92 Å². The summed E-state index contributed by atoms with van der Waals surface area (Å²) in [7, 11) is 0. The highest BCUT2D eigenvalue weighted by molar-refractivity contribution is 6.04. The molecule has 0 aromatic carbocycles. The number of β-lactam (4-membered cyclic amide) rings is 1. The lowest BCUT2D eigenvalue weighted by atomic mass is 10.1. The molecule has 0 spiro atoms. The number of amides is 2. The van der Waals surface area contributed by atoms with Gasteiger partial charge in [-0.3, -0.25) is 9.59 Å². The van der Waals surface area contributed by atoms with Crippen molar-refractivity contribution in [1.29, 1.82) is 0 Å². The molecule has 3 N–H and O–H groups in total. The molecule has 0 bridgehead atoms. The summed E-state index contributed by atoms with van der Waals surface area (Å²) in [6, 6.07) is 2.02. The van der Waals surface area contributed by atoms with Crippen molar-refractivity contribution in [2.24, 2.45) is 11.7 Å². The molecule has 2 aromatic rings. The Morgan fingerprint density at radius 1 is 1.39 bits per heavy atom. The molecule has 3 heterocycles. The first-order chi connectivity index (χ1) is 10.9. The van der Waals surface area contributed by atoms with Gasteiger partial charge in [-0.1, -0.05) is 13.8 Å². The number of anilines is 2. The van der Waals surface area contributed by atoms with Crippen LogP contribution in [-0.2, 0) is 4.79 Å². The summed E-state index contributed by atoms with van der Waals surface area (Å²) in [4.78, 5) is 25.1. The molecule has 1 saturated heterocycles. The third kappa shape index (κ3) is 2.62. The van der Waals surface area contributed by atoms with Crippen LogP contribution in [0.5, 0.6) is 0 Å². The second-order valence-corrected chi connectivity index (χ2v) is 6.30. The lowest BCUT2D eigenvalue weighted by Gasteiger charge is -2.29. The molecular weight excluding hydrogens is 294 g/mol. The summed E-state index contributed by atoms with van der Waals surface area (Å²) in [6.07, 6.45) is 3.83. The van der Waals surface area contributed by atoms with Crippen molar-refractivity contribution in [3.05, 3.63) is 24.0 Å². The molecule has 1 fully saturated rings. The third-order valence-electron chi connectivity index (χ3n) is 4.42. The Morgan fingerprint density at radius 2 is 2.13 bits per heavy atom. The van der Waals surface area contributed by atoms with Crippen LogP contribution < -0.4 is 16.0 Å². The predicted octanol–water partition coefficient (Wildman–Crippen LogP) is 1.63. The van der Waals surface area contributed by atoms with Crippen LogP contribution in [0.3, 0.4) is 0 Å². The van der Waals surface area contributed by atoms with Gasteiger partial charge in [0.2, 0.25) is 5.91 Å². The molecule has 23 heavy (non-hydrogen) atoms. The standard InChI is InChI=1S/C16H21N5O2/c1-9(2)10(3)19-15-12(16(17)23)7-18-21-8-11(6-13(15)21)20-5-4-14(20)22/h6-10,19H,4-5H2,1-3H3,(H2,17,23)/t10-/m1/s1. The molecule has 0 radical (unpaired) electrons. The van der Waals surface area contributed by atoms with E-state index in [9.17, 15) is 9.59 Å². The molecule has 0 unspecified atom stereocenters. The molecular formula is C16H21N5O2. The van der Waals surface area contributed by atoms with Crippen LogP contribution >= 0.6 is 0 Å². The summed E-state index contributed by atoms with van der Waals surface area (Å²) < 4.78 is 1.67. The number of hydrogen-bond acceptors (Lipinski definition) is 4. The van der Waals surface area contributed by atoms with E-state index in [1.807, 2.05) is 6.07 Å². The van der Waals surface area contributed by atoms with Gasteiger partial charge in [0.25, 0.3) is 5.91 Å². The molecule has 3 rings (SSSR count). The Balaban J connectivity index is 2.10. The van der Waals surface area contributed by atoms with Crippen molar-refractivity contribution in [3.63, 3.8) is 0 Å². The Labute approximate surface area is 134 Å². The van der Waals surface area contributed by atoms with Gasteiger partial charge < -0.3 is 16.0 Å². The second-order valence-electron chi connectivity index (χ2n) is 6.30. The van der Waals surface area contributed by atoms with Crippen molar-refractivity contribution in [1.82, 2.24) is 9.61 Å². The van der Waals surface area contributed by atoms with Crippen molar-refractivity contribution < 1.29 is 9.59 Å². The Bertz CT molecular complexity index is 780. The molecule has 0 saturated carbocycles. The minimum atomic E-state index is -0.527. The van der Waals surface area contributed by atoms with Crippen molar-refractivity contribution >= 4 is 28.7 Å². The minimum Gasteiger partial charge on any atom is -0.380 e. The number of nitrogens with zero attached hydrogens (tertiary/aromatic N) is 3. The average Bonchev–Trinajstić information content (AvgIpc) is 2.88. The number of hydrogen-bond donors (Lipinski definition) is 2. The van der Waals surface area contributed by atoms with Crippen molar-refractivity contribution in [3.8, 4) is 0 Å². The molecule has 1 aliphatic heterocycles. The molecule has 7 nitrogen and oxygen atoms in total. The third-order valence-corrected chi connectivity index (χ3v) is 4.42. The fourth-order valence-electron chi connectivity index (χ4n) is 2.51. The fraction of sp³-hybridized carbons (Fsp3) is 0.438. The van der Waals surface area contributed by atoms with E-state index in [1.165, 1.54) is 6.20 Å². The zero-order valence-corrected chi connectivity index (χ0v) is 13.5. The maximum atomic E-state index is 11.7. The largest absolute Gasteiger partial charge is 0.380 e. The number of rotatable bonds is 5. The number of carbonyl (C=O) groups excluding carboxylic acids is 2. The van der Waals surface area contributed by atoms with E-state index < -0.39 is 5.91 Å². The maximum Gasteiger partial charge on any atom is 0.252 e. The van der Waals surface area contributed by atoms with Crippen LogP contribution in [0.15, 0.2) is 18.5 Å². The summed E-state index contributed by atoms with van der Waals surface area (Å²) in [5.74, 6) is -0.0438. The van der Waals surface area contributed by atoms with Crippen molar-refractivity contribution in [2.75, 3.05) is 16.8 Å². The van der Waals surface area contributed by atoms with Gasteiger partial charge in [0.1, 0.15) is 0 Å². The van der Waals surface area contributed by atoms with Gasteiger partial charge >= 0.3 is 0 Å². The highest BCUT2D eigenvalue weighted by atomic mass is 16.2. The van der Waals surface area contributed by atoms with Crippen LogP contribution in [0.2, 0.25) is 0 Å². The normalized spacial score (nSPS) is 15.8. The quantitative estimate of drug-likeness (QED) is 0.820. The van der Waals surface area contributed by atoms with Gasteiger partial charge in [-0.15, -0.1) is 0 Å². The molecule has 2 aromatic heterocycles. The van der Waals surface area contributed by atoms with E-state index in [1.54, 1.807) is 15.6 Å². The monoisotopic (exact) mass is 315 g/mol. The Hall–Kier alpha value is -2.57. The first-order valence-electron chi connectivity index (χ1n) is 7.76. The maximum absolute atomic E-state index is 11.7. The zero-order chi connectivity index (χ0) is 16.7. The second kappa shape index (κ2) is 5.57. The molecule has 7 heteroatoms. The van der Waals surface area contributed by atoms with E-state index in [4.69, 9.17) is 5.73 Å². The molecule has 1 aliphatic rings. The summed E-state index contributed by atoms with van der Waals surface area (Å²) >= 11 is 0. The number of aromatic nitrogens is 2. The number of fused-ring (bicyclic) bond motifs is 1. The summed E-state index contributed by atoms with van der Waals surface area (Å²) in [5, 5.41) is 7.61. The van der Waals surface area contributed by atoms with Crippen LogP contribution in [-0.4, -0.2) is 34.0 Å². The fourth-order valence-corrected chi connectivity index (χ4v) is 2.51. The van der Waals surface area contributed by atoms with Gasteiger partial charge in [0.15, 0.2) is 0 Å². The average molecular weight is 315 g/mol. The lowest BCUT2D eigenvalue weighted by molar-refractivity contribution is -0.122. The molecule has 0 aliphatic carbocycles. The molecule has 2 amide bonds. The van der Waals surface area contributed by atoms with Crippen molar-refractivity contribution in [2.45, 2.75) is 33.2 Å². The van der Waals surface area contributed by atoms with Crippen LogP contribution in [0.4, 0.5) is 11.4 Å². The first kappa shape index (κ1) is 15.3. The number of primary amides is 1. The highest BCUT2D eigenvalue weighted by Crippen LogP contribution is 2.30. The van der Waals surface area contributed by atoms with Gasteiger partial charge in [-0.05, 0) is 18.9 Å². The molecule has 1 atom stereocenters. The van der Waals surface area contributed by atoms with Gasteiger partial charge in [0, 0.05) is 19.0 Å². The number of nitrogens with two attached hydrogens (primary N) is 1. The zero-order valence-electron chi connectivity index (χ0n) is 13.5. The van der Waals surface area contributed by atoms with Gasteiger partial charge in [-0.2, -0.15) is 5.10 Å². The minimum absolute atomic E-state index is 0.0982. The summed E-state index contributed by atoms with van der Waals surface area (Å²) in [5.41, 5.74) is 8.03. The van der Waals surface area contributed by atoms with Crippen LogP contribution in [0.25, 0.3) is 5.52 Å². The highest BCUT2D eigenvalue weighted by Gasteiger charge is 2.27. The first-order valence-corrected chi connectivity index (χ1v) is 7.76. The Kier molecular flexibility index (Phi) is 3.71. The van der Waals surface area contributed by atoms with E-state index in [0.717, 1.165) is 11.2 Å². The number of carbonyl (C=O) groups is 2. The smallest absolute Gasteiger partial charge is 0.252 e. The number of nitrogens with one attached hydrogen (secondary N) is 1. The predicted molar refractivity (Wildman–Crippen MR) is 88.6 cm³/mol. The molecule has 122 valence electrons. The SMILES string of the molecule is CC(C)[C@@H](C)Nc1c(C(N)=O)cnn2cc(N3CCC3=O)cc12. The van der Waals surface area contributed by atoms with Gasteiger partial charge in [0.05, 0.1) is 34.8 Å². The summed E-state index contributed by atoms with van der Waals surface area (Å²) in [6.45, 7) is 6.96. The van der Waals surface area contributed by atoms with Gasteiger partial charge in [-0.25, -0.2) is 4.52 Å². The van der Waals surface area contributed by atoms with E-state index in [2.05, 4.69) is 31.2 Å². The van der Waals surface area contributed by atoms with E-state index in [0.29, 0.717) is 30.1 Å². The topological polar surface area (TPSA) is 92.7 Å².